The van der Waals surface area contributed by atoms with Crippen molar-refractivity contribution in [1.29, 1.82) is 5.26 Å². The topological polar surface area (TPSA) is 73.1 Å². The normalized spacial score (nSPS) is 11.7. The highest BCUT2D eigenvalue weighted by Crippen LogP contribution is 2.34. The third-order valence-electron chi connectivity index (χ3n) is 3.05. The first kappa shape index (κ1) is 17.1. The second-order valence-electron chi connectivity index (χ2n) is 4.76. The van der Waals surface area contributed by atoms with E-state index in [0.29, 0.717) is 5.56 Å². The van der Waals surface area contributed by atoms with Crippen molar-refractivity contribution in [2.45, 2.75) is 6.18 Å². The van der Waals surface area contributed by atoms with Gasteiger partial charge in [0, 0.05) is 0 Å². The fourth-order valence-electron chi connectivity index (χ4n) is 1.91. The summed E-state index contributed by atoms with van der Waals surface area (Å²) in [6.07, 6.45) is -3.41. The maximum absolute atomic E-state index is 12.9. The minimum Gasteiger partial charge on any atom is -0.508 e. The highest BCUT2D eigenvalue weighted by molar-refractivity contribution is 6.10. The Bertz CT molecular complexity index is 819. The summed E-state index contributed by atoms with van der Waals surface area (Å²) in [5, 5.41) is 20.4. The number of benzene rings is 2. The van der Waals surface area contributed by atoms with E-state index in [1.54, 1.807) is 6.07 Å². The number of carbonyl (C=O) groups excluding carboxylic acids is 1. The molecule has 0 aliphatic heterocycles. The van der Waals surface area contributed by atoms with Gasteiger partial charge >= 0.3 is 6.18 Å². The van der Waals surface area contributed by atoms with E-state index >= 15 is 0 Å². The van der Waals surface area contributed by atoms with Crippen molar-refractivity contribution in [3.05, 3.63) is 65.2 Å². The maximum atomic E-state index is 12.9. The van der Waals surface area contributed by atoms with Crippen LogP contribution < -0.4 is 5.32 Å². The maximum Gasteiger partial charge on any atom is 0.418 e. The summed E-state index contributed by atoms with van der Waals surface area (Å²) in [5.74, 6) is -0.948. The molecule has 4 nitrogen and oxygen atoms in total. The van der Waals surface area contributed by atoms with Gasteiger partial charge < -0.3 is 10.4 Å². The lowest BCUT2D eigenvalue weighted by Crippen LogP contribution is -2.17. The molecule has 0 heterocycles. The number of hydrogen-bond donors (Lipinski definition) is 2. The van der Waals surface area contributed by atoms with Crippen molar-refractivity contribution < 1.29 is 23.1 Å². The lowest BCUT2D eigenvalue weighted by molar-refractivity contribution is -0.137. The zero-order valence-corrected chi connectivity index (χ0v) is 12.1. The highest BCUT2D eigenvalue weighted by atomic mass is 19.4. The monoisotopic (exact) mass is 332 g/mol. The number of anilines is 1. The summed E-state index contributed by atoms with van der Waals surface area (Å²) in [6.45, 7) is 0. The van der Waals surface area contributed by atoms with Gasteiger partial charge in [0.1, 0.15) is 17.4 Å². The smallest absolute Gasteiger partial charge is 0.418 e. The zero-order chi connectivity index (χ0) is 17.7. The molecular weight excluding hydrogens is 321 g/mol. The van der Waals surface area contributed by atoms with Crippen molar-refractivity contribution in [3.8, 4) is 11.8 Å². The SMILES string of the molecule is N#C/C(=C\c1ccc(O)cc1)C(=O)Nc1ccccc1C(F)(F)F. The van der Waals surface area contributed by atoms with Gasteiger partial charge in [-0.25, -0.2) is 0 Å². The quantitative estimate of drug-likeness (QED) is 0.660. The van der Waals surface area contributed by atoms with Gasteiger partial charge in [0.2, 0.25) is 0 Å². The van der Waals surface area contributed by atoms with Crippen molar-refractivity contribution in [2.24, 2.45) is 0 Å². The van der Waals surface area contributed by atoms with Gasteiger partial charge in [-0.05, 0) is 35.9 Å². The van der Waals surface area contributed by atoms with E-state index in [1.165, 1.54) is 42.5 Å². The van der Waals surface area contributed by atoms with Crippen LogP contribution >= 0.6 is 0 Å². The number of phenols is 1. The molecule has 0 saturated carbocycles. The van der Waals surface area contributed by atoms with Crippen LogP contribution in [0.3, 0.4) is 0 Å². The summed E-state index contributed by atoms with van der Waals surface area (Å²) in [6, 6.07) is 11.8. The number of phenolic OH excluding ortho intramolecular Hbond substituents is 1. The van der Waals surface area contributed by atoms with Gasteiger partial charge in [-0.1, -0.05) is 24.3 Å². The largest absolute Gasteiger partial charge is 0.508 e. The van der Waals surface area contributed by atoms with E-state index in [0.717, 1.165) is 12.1 Å². The molecule has 0 bridgehead atoms. The first-order valence-electron chi connectivity index (χ1n) is 6.69. The predicted octanol–water partition coefficient (Wildman–Crippen LogP) is 3.96. The molecular formula is C17H11F3N2O2. The van der Waals surface area contributed by atoms with E-state index in [-0.39, 0.29) is 11.3 Å². The van der Waals surface area contributed by atoms with Crippen LogP contribution in [0.4, 0.5) is 18.9 Å². The van der Waals surface area contributed by atoms with Gasteiger partial charge in [-0.2, -0.15) is 18.4 Å². The number of rotatable bonds is 3. The summed E-state index contributed by atoms with van der Waals surface area (Å²) in [5.41, 5.74) is -1.34. The summed E-state index contributed by atoms with van der Waals surface area (Å²) in [4.78, 5) is 12.1. The van der Waals surface area contributed by atoms with Gasteiger partial charge in [-0.3, -0.25) is 4.79 Å². The number of amides is 1. The highest BCUT2D eigenvalue weighted by Gasteiger charge is 2.33. The Morgan fingerprint density at radius 2 is 1.75 bits per heavy atom. The second-order valence-corrected chi connectivity index (χ2v) is 4.76. The molecule has 2 aromatic carbocycles. The summed E-state index contributed by atoms with van der Waals surface area (Å²) >= 11 is 0. The Hall–Kier alpha value is -3.27. The number of halogens is 3. The molecule has 1 amide bonds. The molecule has 0 radical (unpaired) electrons. The van der Waals surface area contributed by atoms with Crippen LogP contribution in [0.25, 0.3) is 6.08 Å². The molecule has 0 saturated heterocycles. The number of hydrogen-bond acceptors (Lipinski definition) is 3. The molecule has 0 fully saturated rings. The predicted molar refractivity (Wildman–Crippen MR) is 81.8 cm³/mol. The lowest BCUT2D eigenvalue weighted by atomic mass is 10.1. The Morgan fingerprint density at radius 3 is 2.33 bits per heavy atom. The molecule has 122 valence electrons. The van der Waals surface area contributed by atoms with Gasteiger partial charge in [-0.15, -0.1) is 0 Å². The molecule has 7 heteroatoms. The minimum absolute atomic E-state index is 0.00853. The molecule has 24 heavy (non-hydrogen) atoms. The van der Waals surface area contributed by atoms with E-state index < -0.39 is 23.3 Å². The summed E-state index contributed by atoms with van der Waals surface area (Å²) in [7, 11) is 0. The van der Waals surface area contributed by atoms with Gasteiger partial charge in [0.25, 0.3) is 5.91 Å². The van der Waals surface area contributed by atoms with Gasteiger partial charge in [0.05, 0.1) is 11.3 Å². The molecule has 0 spiro atoms. The number of alkyl halides is 3. The van der Waals surface area contributed by atoms with Crippen molar-refractivity contribution in [3.63, 3.8) is 0 Å². The van der Waals surface area contributed by atoms with E-state index in [4.69, 9.17) is 5.26 Å². The number of nitrogens with one attached hydrogen (secondary N) is 1. The van der Waals surface area contributed by atoms with Crippen LogP contribution in [0.15, 0.2) is 54.1 Å². The molecule has 0 aromatic heterocycles. The van der Waals surface area contributed by atoms with Crippen molar-refractivity contribution in [1.82, 2.24) is 0 Å². The average Bonchev–Trinajstić information content (AvgIpc) is 2.53. The van der Waals surface area contributed by atoms with Crippen LogP contribution in [0, 0.1) is 11.3 Å². The molecule has 2 aromatic rings. The second kappa shape index (κ2) is 6.87. The first-order chi connectivity index (χ1) is 11.3. The molecule has 0 aliphatic rings. The number of nitrogens with zero attached hydrogens (tertiary/aromatic N) is 1. The van der Waals surface area contributed by atoms with Crippen molar-refractivity contribution in [2.75, 3.05) is 5.32 Å². The third-order valence-corrected chi connectivity index (χ3v) is 3.05. The Morgan fingerprint density at radius 1 is 1.12 bits per heavy atom. The summed E-state index contributed by atoms with van der Waals surface area (Å²) < 4.78 is 38.7. The third kappa shape index (κ3) is 4.14. The van der Waals surface area contributed by atoms with Crippen LogP contribution in [0.2, 0.25) is 0 Å². The number of para-hydroxylation sites is 1. The molecule has 0 unspecified atom stereocenters. The number of nitriles is 1. The standard InChI is InChI=1S/C17H11F3N2O2/c18-17(19,20)14-3-1-2-4-15(14)22-16(24)12(10-21)9-11-5-7-13(23)8-6-11/h1-9,23H,(H,22,24)/b12-9+. The van der Waals surface area contributed by atoms with Crippen LogP contribution in [0.5, 0.6) is 5.75 Å². The van der Waals surface area contributed by atoms with Crippen LogP contribution in [-0.4, -0.2) is 11.0 Å². The molecule has 2 N–H and O–H groups in total. The van der Waals surface area contributed by atoms with Crippen LogP contribution in [-0.2, 0) is 11.0 Å². The number of aromatic hydroxyl groups is 1. The Kier molecular flexibility index (Phi) is 4.90. The van der Waals surface area contributed by atoms with E-state index in [1.807, 2.05) is 0 Å². The van der Waals surface area contributed by atoms with E-state index in [2.05, 4.69) is 5.32 Å². The van der Waals surface area contributed by atoms with Gasteiger partial charge in [0.15, 0.2) is 0 Å². The zero-order valence-electron chi connectivity index (χ0n) is 12.1. The number of carbonyl (C=O) groups is 1. The first-order valence-corrected chi connectivity index (χ1v) is 6.69. The Labute approximate surface area is 135 Å². The Balaban J connectivity index is 2.28. The lowest BCUT2D eigenvalue weighted by Gasteiger charge is -2.13. The molecule has 0 aliphatic carbocycles. The fraction of sp³-hybridized carbons (Fsp3) is 0.0588. The van der Waals surface area contributed by atoms with E-state index in [9.17, 15) is 23.1 Å². The molecule has 2 rings (SSSR count). The minimum atomic E-state index is -4.63. The van der Waals surface area contributed by atoms with Crippen molar-refractivity contribution >= 4 is 17.7 Å². The fourth-order valence-corrected chi connectivity index (χ4v) is 1.91. The molecule has 0 atom stereocenters. The average molecular weight is 332 g/mol. The van der Waals surface area contributed by atoms with Crippen LogP contribution in [0.1, 0.15) is 11.1 Å².